The minimum Gasteiger partial charge on any atom is -0.348 e. The highest BCUT2D eigenvalue weighted by atomic mass is 16.1. The molecule has 1 rings (SSSR count). The fraction of sp³-hybridized carbons (Fsp3) is 0.667. The molecule has 0 aromatic rings. The van der Waals surface area contributed by atoms with Gasteiger partial charge in [0, 0.05) is 12.6 Å². The molecule has 1 aliphatic rings. The first-order valence-electron chi connectivity index (χ1n) is 4.37. The van der Waals surface area contributed by atoms with Crippen LogP contribution in [-0.4, -0.2) is 25.0 Å². The lowest BCUT2D eigenvalue weighted by molar-refractivity contribution is -0.117. The summed E-state index contributed by atoms with van der Waals surface area (Å²) in [6.07, 6.45) is 2.45. The van der Waals surface area contributed by atoms with Gasteiger partial charge in [-0.05, 0) is 25.0 Å². The predicted octanol–water partition coefficient (Wildman–Crippen LogP) is 0.287. The predicted molar refractivity (Wildman–Crippen MR) is 48.8 cm³/mol. The Morgan fingerprint density at radius 2 is 2.50 bits per heavy atom. The van der Waals surface area contributed by atoms with E-state index in [0.29, 0.717) is 5.92 Å². The summed E-state index contributed by atoms with van der Waals surface area (Å²) in [7, 11) is 0. The summed E-state index contributed by atoms with van der Waals surface area (Å²) in [4.78, 5) is 11.0. The second-order valence-corrected chi connectivity index (χ2v) is 3.29. The molecule has 0 radical (unpaired) electrons. The van der Waals surface area contributed by atoms with E-state index in [4.69, 9.17) is 0 Å². The van der Waals surface area contributed by atoms with Crippen LogP contribution in [0.1, 0.15) is 13.3 Å². The molecule has 0 unspecified atom stereocenters. The molecule has 1 heterocycles. The molecule has 68 valence electrons. The lowest BCUT2D eigenvalue weighted by Gasteiger charge is -2.29. The first-order chi connectivity index (χ1) is 5.74. The molecule has 0 bridgehead atoms. The van der Waals surface area contributed by atoms with Gasteiger partial charge < -0.3 is 10.6 Å². The maximum atomic E-state index is 11.0. The zero-order valence-corrected chi connectivity index (χ0v) is 7.47. The number of hydrogen-bond donors (Lipinski definition) is 2. The van der Waals surface area contributed by atoms with Crippen LogP contribution in [0.25, 0.3) is 0 Å². The highest BCUT2D eigenvalue weighted by molar-refractivity contribution is 5.87. The Labute approximate surface area is 73.2 Å². The van der Waals surface area contributed by atoms with Crippen molar-refractivity contribution in [3.8, 4) is 0 Å². The molecule has 0 saturated carbocycles. The first-order valence-corrected chi connectivity index (χ1v) is 4.37. The number of carbonyl (C=O) groups is 1. The molecular weight excluding hydrogens is 152 g/mol. The summed E-state index contributed by atoms with van der Waals surface area (Å²) in [6.45, 7) is 7.51. The molecule has 0 aromatic carbocycles. The number of piperidine rings is 1. The van der Waals surface area contributed by atoms with Crippen molar-refractivity contribution in [1.29, 1.82) is 0 Å². The molecule has 0 spiro atoms. The largest absolute Gasteiger partial charge is 0.348 e. The SMILES string of the molecule is C=CC(=O)N[C@H]1CNCC[C@H]1C. The number of nitrogens with one attached hydrogen (secondary N) is 2. The van der Waals surface area contributed by atoms with E-state index in [0.717, 1.165) is 19.5 Å². The van der Waals surface area contributed by atoms with Crippen molar-refractivity contribution in [2.75, 3.05) is 13.1 Å². The zero-order chi connectivity index (χ0) is 8.97. The Balaban J connectivity index is 2.38. The van der Waals surface area contributed by atoms with Crippen molar-refractivity contribution in [3.05, 3.63) is 12.7 Å². The monoisotopic (exact) mass is 168 g/mol. The van der Waals surface area contributed by atoms with Crippen molar-refractivity contribution >= 4 is 5.91 Å². The van der Waals surface area contributed by atoms with Crippen LogP contribution in [0, 0.1) is 5.92 Å². The minimum absolute atomic E-state index is 0.0736. The van der Waals surface area contributed by atoms with Gasteiger partial charge in [0.25, 0.3) is 0 Å². The number of rotatable bonds is 2. The van der Waals surface area contributed by atoms with Crippen LogP contribution in [0.5, 0.6) is 0 Å². The van der Waals surface area contributed by atoms with Gasteiger partial charge >= 0.3 is 0 Å². The average Bonchev–Trinajstić information content (AvgIpc) is 2.09. The summed E-state index contributed by atoms with van der Waals surface area (Å²) in [5.74, 6) is 0.491. The molecular formula is C9H16N2O. The minimum atomic E-state index is -0.0736. The van der Waals surface area contributed by atoms with Crippen molar-refractivity contribution in [3.63, 3.8) is 0 Å². The van der Waals surface area contributed by atoms with Gasteiger partial charge in [-0.2, -0.15) is 0 Å². The summed E-state index contributed by atoms with van der Waals surface area (Å²) >= 11 is 0. The molecule has 3 nitrogen and oxygen atoms in total. The van der Waals surface area contributed by atoms with Crippen molar-refractivity contribution in [2.24, 2.45) is 5.92 Å². The number of amides is 1. The van der Waals surface area contributed by atoms with Gasteiger partial charge in [0.2, 0.25) is 5.91 Å². The Morgan fingerprint density at radius 1 is 1.75 bits per heavy atom. The quantitative estimate of drug-likeness (QED) is 0.582. The Hall–Kier alpha value is -0.830. The van der Waals surface area contributed by atoms with E-state index in [1.807, 2.05) is 0 Å². The van der Waals surface area contributed by atoms with E-state index in [1.54, 1.807) is 0 Å². The molecule has 3 heteroatoms. The molecule has 1 aliphatic heterocycles. The Bertz CT molecular complexity index is 179. The van der Waals surface area contributed by atoms with Gasteiger partial charge in [0.1, 0.15) is 0 Å². The van der Waals surface area contributed by atoms with Crippen molar-refractivity contribution < 1.29 is 4.79 Å². The second kappa shape index (κ2) is 4.26. The standard InChI is InChI=1S/C9H16N2O/c1-3-9(12)11-8-6-10-5-4-7(8)2/h3,7-8,10H,1,4-6H2,2H3,(H,11,12)/t7-,8+/m1/s1. The van der Waals surface area contributed by atoms with Gasteiger partial charge in [-0.25, -0.2) is 0 Å². The lowest BCUT2D eigenvalue weighted by atomic mass is 9.95. The molecule has 1 fully saturated rings. The van der Waals surface area contributed by atoms with Crippen LogP contribution in [0.3, 0.4) is 0 Å². The highest BCUT2D eigenvalue weighted by Gasteiger charge is 2.21. The normalized spacial score (nSPS) is 29.4. The first kappa shape index (κ1) is 9.26. The zero-order valence-electron chi connectivity index (χ0n) is 7.47. The summed E-state index contributed by atoms with van der Waals surface area (Å²) < 4.78 is 0. The lowest BCUT2D eigenvalue weighted by Crippen LogP contribution is -2.49. The van der Waals surface area contributed by atoms with Crippen molar-refractivity contribution in [2.45, 2.75) is 19.4 Å². The third-order valence-electron chi connectivity index (χ3n) is 2.34. The van der Waals surface area contributed by atoms with E-state index in [2.05, 4.69) is 24.1 Å². The summed E-state index contributed by atoms with van der Waals surface area (Å²) in [5, 5.41) is 6.14. The number of hydrogen-bond acceptors (Lipinski definition) is 2. The van der Waals surface area contributed by atoms with E-state index < -0.39 is 0 Å². The smallest absolute Gasteiger partial charge is 0.243 e. The van der Waals surface area contributed by atoms with Crippen LogP contribution in [0.15, 0.2) is 12.7 Å². The Kier molecular flexibility index (Phi) is 3.29. The number of carbonyl (C=O) groups excluding carboxylic acids is 1. The summed E-state index contributed by atoms with van der Waals surface area (Å²) in [6, 6.07) is 0.268. The molecule has 1 amide bonds. The molecule has 2 atom stereocenters. The molecule has 12 heavy (non-hydrogen) atoms. The highest BCUT2D eigenvalue weighted by Crippen LogP contribution is 2.10. The van der Waals surface area contributed by atoms with Crippen LogP contribution >= 0.6 is 0 Å². The Morgan fingerprint density at radius 3 is 3.08 bits per heavy atom. The molecule has 2 N–H and O–H groups in total. The van der Waals surface area contributed by atoms with Gasteiger partial charge in [-0.15, -0.1) is 0 Å². The van der Waals surface area contributed by atoms with Gasteiger partial charge in [-0.1, -0.05) is 13.5 Å². The van der Waals surface area contributed by atoms with E-state index >= 15 is 0 Å². The van der Waals surface area contributed by atoms with Crippen LogP contribution in [0.2, 0.25) is 0 Å². The van der Waals surface area contributed by atoms with Gasteiger partial charge in [0.15, 0.2) is 0 Å². The molecule has 0 aromatic heterocycles. The van der Waals surface area contributed by atoms with E-state index in [1.165, 1.54) is 6.08 Å². The maximum Gasteiger partial charge on any atom is 0.243 e. The second-order valence-electron chi connectivity index (χ2n) is 3.29. The van der Waals surface area contributed by atoms with Crippen LogP contribution < -0.4 is 10.6 Å². The van der Waals surface area contributed by atoms with E-state index in [-0.39, 0.29) is 11.9 Å². The molecule has 0 aliphatic carbocycles. The van der Waals surface area contributed by atoms with E-state index in [9.17, 15) is 4.79 Å². The fourth-order valence-electron chi connectivity index (χ4n) is 1.42. The maximum absolute atomic E-state index is 11.0. The third-order valence-corrected chi connectivity index (χ3v) is 2.34. The van der Waals surface area contributed by atoms with Gasteiger partial charge in [-0.3, -0.25) is 4.79 Å². The summed E-state index contributed by atoms with van der Waals surface area (Å²) in [5.41, 5.74) is 0. The van der Waals surface area contributed by atoms with Crippen LogP contribution in [-0.2, 0) is 4.79 Å². The van der Waals surface area contributed by atoms with Crippen molar-refractivity contribution in [1.82, 2.24) is 10.6 Å². The fourth-order valence-corrected chi connectivity index (χ4v) is 1.42. The molecule has 1 saturated heterocycles. The van der Waals surface area contributed by atoms with Crippen LogP contribution in [0.4, 0.5) is 0 Å². The third kappa shape index (κ3) is 2.34. The average molecular weight is 168 g/mol. The van der Waals surface area contributed by atoms with Gasteiger partial charge in [0.05, 0.1) is 0 Å². The topological polar surface area (TPSA) is 41.1 Å².